The summed E-state index contributed by atoms with van der Waals surface area (Å²) in [6.07, 6.45) is 7.59. The molecule has 1 heterocycles. The molecule has 1 saturated carbocycles. The first kappa shape index (κ1) is 21.2. The first-order chi connectivity index (χ1) is 9.56. The zero-order valence-corrected chi connectivity index (χ0v) is 15.0. The van der Waals surface area contributed by atoms with Gasteiger partial charge in [0.25, 0.3) is 0 Å². The van der Waals surface area contributed by atoms with E-state index in [2.05, 4.69) is 28.7 Å². The van der Waals surface area contributed by atoms with Gasteiger partial charge >= 0.3 is 0 Å². The molecular weight excluding hydrogens is 323 g/mol. The Morgan fingerprint density at radius 1 is 1.45 bits per heavy atom. The largest absolute Gasteiger partial charge is 0.349 e. The van der Waals surface area contributed by atoms with Gasteiger partial charge in [-0.1, -0.05) is 20.3 Å². The lowest BCUT2D eigenvalue weighted by molar-refractivity contribution is -0.122. The standard InChI is InChI=1S/C15H26N4O.2ClH/c1-11(2)10-19-7-6-17-14(19)9-18-15(20)8-12-4-3-5-13(12)16;;/h6-7,11-13H,3-5,8-10,16H2,1-2H3,(H,18,20);2*1H/t12-,13+;;/m0../s1. The fourth-order valence-corrected chi connectivity index (χ4v) is 2.87. The number of imidazole rings is 1. The van der Waals surface area contributed by atoms with Gasteiger partial charge in [-0.3, -0.25) is 4.79 Å². The number of hydrogen-bond acceptors (Lipinski definition) is 3. The van der Waals surface area contributed by atoms with Crippen molar-refractivity contribution >= 4 is 30.7 Å². The van der Waals surface area contributed by atoms with Gasteiger partial charge in [0.1, 0.15) is 5.82 Å². The Labute approximate surface area is 145 Å². The van der Waals surface area contributed by atoms with Gasteiger partial charge in [-0.05, 0) is 24.7 Å². The third kappa shape index (κ3) is 6.15. The van der Waals surface area contributed by atoms with E-state index in [1.807, 2.05) is 6.20 Å². The number of rotatable bonds is 6. The lowest BCUT2D eigenvalue weighted by Crippen LogP contribution is -2.32. The van der Waals surface area contributed by atoms with Gasteiger partial charge in [0.2, 0.25) is 5.91 Å². The van der Waals surface area contributed by atoms with Crippen LogP contribution in [0.25, 0.3) is 0 Å². The van der Waals surface area contributed by atoms with E-state index in [0.29, 0.717) is 24.8 Å². The average molecular weight is 351 g/mol. The highest BCUT2D eigenvalue weighted by Gasteiger charge is 2.25. The van der Waals surface area contributed by atoms with Gasteiger partial charge in [-0.15, -0.1) is 24.8 Å². The second kappa shape index (κ2) is 10.1. The molecule has 0 radical (unpaired) electrons. The summed E-state index contributed by atoms with van der Waals surface area (Å²) in [5, 5.41) is 2.97. The van der Waals surface area contributed by atoms with Crippen molar-refractivity contribution in [3.05, 3.63) is 18.2 Å². The molecule has 0 bridgehead atoms. The molecule has 1 amide bonds. The molecule has 0 aromatic carbocycles. The van der Waals surface area contributed by atoms with E-state index in [0.717, 1.165) is 31.6 Å². The Morgan fingerprint density at radius 2 is 2.18 bits per heavy atom. The first-order valence-corrected chi connectivity index (χ1v) is 7.58. The molecule has 1 aromatic rings. The van der Waals surface area contributed by atoms with Gasteiger partial charge in [0, 0.05) is 31.4 Å². The number of aromatic nitrogens is 2. The quantitative estimate of drug-likeness (QED) is 0.827. The molecule has 0 unspecified atom stereocenters. The highest BCUT2D eigenvalue weighted by atomic mass is 35.5. The van der Waals surface area contributed by atoms with Crippen LogP contribution in [0, 0.1) is 11.8 Å². The van der Waals surface area contributed by atoms with Crippen molar-refractivity contribution in [1.82, 2.24) is 14.9 Å². The number of hydrogen-bond donors (Lipinski definition) is 2. The van der Waals surface area contributed by atoms with Crippen LogP contribution in [0.3, 0.4) is 0 Å². The Hall–Kier alpha value is -0.780. The summed E-state index contributed by atoms with van der Waals surface area (Å²) < 4.78 is 2.10. The van der Waals surface area contributed by atoms with E-state index in [-0.39, 0.29) is 36.8 Å². The zero-order chi connectivity index (χ0) is 14.5. The lowest BCUT2D eigenvalue weighted by Gasteiger charge is -2.15. The summed E-state index contributed by atoms with van der Waals surface area (Å²) in [6, 6.07) is 0.198. The summed E-state index contributed by atoms with van der Waals surface area (Å²) in [7, 11) is 0. The number of halogens is 2. The van der Waals surface area contributed by atoms with Crippen LogP contribution >= 0.6 is 24.8 Å². The van der Waals surface area contributed by atoms with E-state index in [1.54, 1.807) is 6.20 Å². The molecule has 2 atom stereocenters. The van der Waals surface area contributed by atoms with E-state index < -0.39 is 0 Å². The van der Waals surface area contributed by atoms with Crippen molar-refractivity contribution in [2.45, 2.75) is 58.7 Å². The van der Waals surface area contributed by atoms with Crippen molar-refractivity contribution in [2.75, 3.05) is 0 Å². The summed E-state index contributed by atoms with van der Waals surface area (Å²) in [4.78, 5) is 16.3. The van der Waals surface area contributed by atoms with E-state index in [9.17, 15) is 4.79 Å². The Morgan fingerprint density at radius 3 is 2.77 bits per heavy atom. The Balaban J connectivity index is 0.00000220. The zero-order valence-electron chi connectivity index (χ0n) is 13.3. The molecule has 1 aromatic heterocycles. The van der Waals surface area contributed by atoms with Crippen LogP contribution in [-0.4, -0.2) is 21.5 Å². The maximum atomic E-state index is 12.0. The van der Waals surface area contributed by atoms with Crippen LogP contribution in [0.2, 0.25) is 0 Å². The van der Waals surface area contributed by atoms with Crippen LogP contribution in [0.15, 0.2) is 12.4 Å². The summed E-state index contributed by atoms with van der Waals surface area (Å²) in [5.41, 5.74) is 6.00. The number of carbonyl (C=O) groups excluding carboxylic acids is 1. The van der Waals surface area contributed by atoms with Crippen molar-refractivity contribution in [3.63, 3.8) is 0 Å². The molecule has 0 saturated heterocycles. The summed E-state index contributed by atoms with van der Waals surface area (Å²) >= 11 is 0. The van der Waals surface area contributed by atoms with Crippen molar-refractivity contribution in [2.24, 2.45) is 17.6 Å². The molecule has 1 fully saturated rings. The predicted octanol–water partition coefficient (Wildman–Crippen LogP) is 2.52. The number of nitrogens with zero attached hydrogens (tertiary/aromatic N) is 2. The van der Waals surface area contributed by atoms with Crippen LogP contribution in [-0.2, 0) is 17.9 Å². The van der Waals surface area contributed by atoms with E-state index in [1.165, 1.54) is 0 Å². The molecule has 2 rings (SSSR count). The predicted molar refractivity (Wildman–Crippen MR) is 93.3 cm³/mol. The lowest BCUT2D eigenvalue weighted by atomic mass is 10.00. The molecule has 0 aliphatic heterocycles. The molecule has 5 nitrogen and oxygen atoms in total. The Kier molecular flexibility index (Phi) is 9.72. The Bertz CT molecular complexity index is 451. The van der Waals surface area contributed by atoms with Crippen LogP contribution in [0.1, 0.15) is 45.4 Å². The first-order valence-electron chi connectivity index (χ1n) is 7.58. The fourth-order valence-electron chi connectivity index (χ4n) is 2.87. The number of amides is 1. The van der Waals surface area contributed by atoms with Crippen molar-refractivity contribution in [3.8, 4) is 0 Å². The minimum atomic E-state index is 0. The highest BCUT2D eigenvalue weighted by molar-refractivity contribution is 5.85. The third-order valence-electron chi connectivity index (χ3n) is 3.97. The number of carbonyl (C=O) groups is 1. The molecule has 0 spiro atoms. The van der Waals surface area contributed by atoms with E-state index in [4.69, 9.17) is 5.73 Å². The molecule has 1 aliphatic rings. The summed E-state index contributed by atoms with van der Waals surface area (Å²) in [5.74, 6) is 1.93. The molecule has 7 heteroatoms. The third-order valence-corrected chi connectivity index (χ3v) is 3.97. The smallest absolute Gasteiger partial charge is 0.220 e. The van der Waals surface area contributed by atoms with Gasteiger partial charge in [-0.25, -0.2) is 4.98 Å². The molecule has 3 N–H and O–H groups in total. The molecular formula is C15H28Cl2N4O. The molecule has 128 valence electrons. The highest BCUT2D eigenvalue weighted by Crippen LogP contribution is 2.26. The summed E-state index contributed by atoms with van der Waals surface area (Å²) in [6.45, 7) is 5.77. The van der Waals surface area contributed by atoms with Crippen LogP contribution in [0.5, 0.6) is 0 Å². The minimum absolute atomic E-state index is 0. The van der Waals surface area contributed by atoms with E-state index >= 15 is 0 Å². The van der Waals surface area contributed by atoms with Crippen LogP contribution < -0.4 is 11.1 Å². The average Bonchev–Trinajstić information content (AvgIpc) is 2.97. The second-order valence-corrected chi connectivity index (χ2v) is 6.23. The monoisotopic (exact) mass is 350 g/mol. The maximum absolute atomic E-state index is 12.0. The minimum Gasteiger partial charge on any atom is -0.349 e. The van der Waals surface area contributed by atoms with Crippen molar-refractivity contribution in [1.29, 1.82) is 0 Å². The number of nitrogens with two attached hydrogens (primary N) is 1. The topological polar surface area (TPSA) is 72.9 Å². The van der Waals surface area contributed by atoms with Crippen molar-refractivity contribution < 1.29 is 4.79 Å². The molecule has 1 aliphatic carbocycles. The fraction of sp³-hybridized carbons (Fsp3) is 0.733. The number of nitrogens with one attached hydrogen (secondary N) is 1. The van der Waals surface area contributed by atoms with Gasteiger partial charge in [0.05, 0.1) is 6.54 Å². The van der Waals surface area contributed by atoms with Gasteiger partial charge < -0.3 is 15.6 Å². The second-order valence-electron chi connectivity index (χ2n) is 6.23. The maximum Gasteiger partial charge on any atom is 0.220 e. The SMILES string of the molecule is CC(C)Cn1ccnc1CNC(=O)C[C@@H]1CCC[C@H]1N.Cl.Cl. The van der Waals surface area contributed by atoms with Crippen LogP contribution in [0.4, 0.5) is 0 Å². The normalized spacial score (nSPS) is 20.4. The van der Waals surface area contributed by atoms with Gasteiger partial charge in [0.15, 0.2) is 0 Å². The van der Waals surface area contributed by atoms with Gasteiger partial charge in [-0.2, -0.15) is 0 Å². The molecule has 22 heavy (non-hydrogen) atoms.